The molecule has 0 aliphatic heterocycles. The van der Waals surface area contributed by atoms with Crippen LogP contribution in [0.15, 0.2) is 11.6 Å². The van der Waals surface area contributed by atoms with Gasteiger partial charge in [0.25, 0.3) is 0 Å². The van der Waals surface area contributed by atoms with Gasteiger partial charge in [0.05, 0.1) is 7.11 Å². The lowest BCUT2D eigenvalue weighted by molar-refractivity contribution is -0.137. The Hall–Kier alpha value is -1.10. The van der Waals surface area contributed by atoms with Gasteiger partial charge >= 0.3 is 11.9 Å². The van der Waals surface area contributed by atoms with Gasteiger partial charge in [-0.3, -0.25) is 0 Å². The number of hydrogen-bond donors (Lipinski definition) is 1. The van der Waals surface area contributed by atoms with Gasteiger partial charge in [0, 0.05) is 20.4 Å². The summed E-state index contributed by atoms with van der Waals surface area (Å²) in [4.78, 5) is 22.0. The van der Waals surface area contributed by atoms with Crippen LogP contribution in [0.2, 0.25) is 18.6 Å². The standard InChI is InChI=1S/C10H18O4Si/c1-5-8(15(3)4)7(6-9(11)12)10(13)14-2/h6,8,15H,5H2,1-4H3,(H,11,12)/b7-6-. The molecule has 0 saturated heterocycles. The molecule has 0 spiro atoms. The largest absolute Gasteiger partial charge is 0.478 e. The molecule has 0 aliphatic rings. The van der Waals surface area contributed by atoms with Gasteiger partial charge in [-0.1, -0.05) is 26.4 Å². The van der Waals surface area contributed by atoms with Crippen LogP contribution < -0.4 is 0 Å². The summed E-state index contributed by atoms with van der Waals surface area (Å²) in [6.07, 6.45) is 1.76. The van der Waals surface area contributed by atoms with Crippen molar-refractivity contribution in [3.8, 4) is 0 Å². The van der Waals surface area contributed by atoms with Gasteiger partial charge < -0.3 is 9.84 Å². The molecule has 4 nitrogen and oxygen atoms in total. The third-order valence-electron chi connectivity index (χ3n) is 2.34. The van der Waals surface area contributed by atoms with E-state index >= 15 is 0 Å². The monoisotopic (exact) mass is 230 g/mol. The van der Waals surface area contributed by atoms with Gasteiger partial charge in [-0.2, -0.15) is 0 Å². The highest BCUT2D eigenvalue weighted by molar-refractivity contribution is 6.59. The van der Waals surface area contributed by atoms with Crippen molar-refractivity contribution in [1.82, 2.24) is 0 Å². The van der Waals surface area contributed by atoms with E-state index in [0.29, 0.717) is 5.57 Å². The van der Waals surface area contributed by atoms with Crippen molar-refractivity contribution in [2.45, 2.75) is 32.0 Å². The van der Waals surface area contributed by atoms with E-state index in [1.165, 1.54) is 7.11 Å². The van der Waals surface area contributed by atoms with Crippen LogP contribution in [-0.2, 0) is 14.3 Å². The van der Waals surface area contributed by atoms with Gasteiger partial charge in [-0.25, -0.2) is 9.59 Å². The van der Waals surface area contributed by atoms with Crippen LogP contribution in [0, 0.1) is 0 Å². The molecular weight excluding hydrogens is 212 g/mol. The van der Waals surface area contributed by atoms with Crippen molar-refractivity contribution in [1.29, 1.82) is 0 Å². The minimum Gasteiger partial charge on any atom is -0.478 e. The lowest BCUT2D eigenvalue weighted by Gasteiger charge is -2.19. The molecule has 86 valence electrons. The molecule has 0 aliphatic carbocycles. The molecule has 0 saturated carbocycles. The minimum absolute atomic E-state index is 0.0635. The van der Waals surface area contributed by atoms with E-state index in [2.05, 4.69) is 17.8 Å². The average molecular weight is 230 g/mol. The second-order valence-electron chi connectivity index (χ2n) is 3.69. The summed E-state index contributed by atoms with van der Waals surface area (Å²) in [5.74, 6) is -1.62. The first-order chi connectivity index (χ1) is 6.93. The number of ether oxygens (including phenoxy) is 1. The van der Waals surface area contributed by atoms with Gasteiger partial charge in [-0.15, -0.1) is 0 Å². The number of methoxy groups -OCH3 is 1. The van der Waals surface area contributed by atoms with E-state index in [-0.39, 0.29) is 5.54 Å². The normalized spacial score (nSPS) is 13.8. The van der Waals surface area contributed by atoms with Crippen molar-refractivity contribution in [2.24, 2.45) is 0 Å². The van der Waals surface area contributed by atoms with Crippen LogP contribution in [0.3, 0.4) is 0 Å². The summed E-state index contributed by atoms with van der Waals surface area (Å²) in [5, 5.41) is 8.69. The van der Waals surface area contributed by atoms with E-state index in [0.717, 1.165) is 12.5 Å². The number of aliphatic carboxylic acids is 1. The lowest BCUT2D eigenvalue weighted by Crippen LogP contribution is -2.21. The highest BCUT2D eigenvalue weighted by Gasteiger charge is 2.24. The molecule has 15 heavy (non-hydrogen) atoms. The van der Waals surface area contributed by atoms with E-state index < -0.39 is 20.7 Å². The Labute approximate surface area is 91.5 Å². The predicted octanol–water partition coefficient (Wildman–Crippen LogP) is 1.44. The molecule has 5 heteroatoms. The molecule has 0 aromatic carbocycles. The second-order valence-corrected chi connectivity index (χ2v) is 6.98. The third-order valence-corrected chi connectivity index (χ3v) is 4.78. The van der Waals surface area contributed by atoms with Crippen molar-refractivity contribution < 1.29 is 19.4 Å². The zero-order valence-electron chi connectivity index (χ0n) is 9.61. The summed E-state index contributed by atoms with van der Waals surface area (Å²) in [6, 6.07) is 0. The Morgan fingerprint density at radius 3 is 2.27 bits per heavy atom. The summed E-state index contributed by atoms with van der Waals surface area (Å²) in [7, 11) is 0.166. The number of rotatable bonds is 5. The fourth-order valence-electron chi connectivity index (χ4n) is 1.62. The van der Waals surface area contributed by atoms with Crippen LogP contribution in [0.4, 0.5) is 0 Å². The quantitative estimate of drug-likeness (QED) is 0.441. The van der Waals surface area contributed by atoms with E-state index in [1.54, 1.807) is 0 Å². The molecule has 0 heterocycles. The predicted molar refractivity (Wildman–Crippen MR) is 60.7 cm³/mol. The van der Waals surface area contributed by atoms with Gasteiger partial charge in [0.2, 0.25) is 0 Å². The summed E-state index contributed by atoms with van der Waals surface area (Å²) < 4.78 is 4.60. The number of esters is 1. The van der Waals surface area contributed by atoms with Gasteiger partial charge in [0.1, 0.15) is 0 Å². The highest BCUT2D eigenvalue weighted by Crippen LogP contribution is 2.26. The first-order valence-corrected chi connectivity index (χ1v) is 7.94. The SMILES string of the molecule is CCC(/C(=C/C(=O)O)C(=O)OC)[SiH](C)C. The number of carbonyl (C=O) groups is 2. The van der Waals surface area contributed by atoms with Crippen LogP contribution >= 0.6 is 0 Å². The number of carbonyl (C=O) groups excluding carboxylic acids is 1. The molecule has 0 fully saturated rings. The van der Waals surface area contributed by atoms with E-state index in [4.69, 9.17) is 5.11 Å². The fraction of sp³-hybridized carbons (Fsp3) is 0.600. The van der Waals surface area contributed by atoms with Crippen molar-refractivity contribution in [3.05, 3.63) is 11.6 Å². The smallest absolute Gasteiger partial charge is 0.333 e. The van der Waals surface area contributed by atoms with Crippen LogP contribution in [0.5, 0.6) is 0 Å². The summed E-state index contributed by atoms with van der Waals surface area (Å²) in [5.41, 5.74) is 0.364. The van der Waals surface area contributed by atoms with Crippen LogP contribution in [0.1, 0.15) is 13.3 Å². The summed E-state index contributed by atoms with van der Waals surface area (Å²) in [6.45, 7) is 6.13. The molecule has 0 amide bonds. The van der Waals surface area contributed by atoms with E-state index in [9.17, 15) is 9.59 Å². The number of carboxylic acids is 1. The maximum atomic E-state index is 11.4. The van der Waals surface area contributed by atoms with Crippen molar-refractivity contribution >= 4 is 20.7 Å². The molecule has 0 rings (SSSR count). The topological polar surface area (TPSA) is 63.6 Å². The van der Waals surface area contributed by atoms with Crippen LogP contribution in [-0.4, -0.2) is 33.0 Å². The molecule has 0 radical (unpaired) electrons. The molecule has 1 unspecified atom stereocenters. The molecule has 0 aromatic rings. The summed E-state index contributed by atoms with van der Waals surface area (Å²) >= 11 is 0. The highest BCUT2D eigenvalue weighted by atomic mass is 28.3. The molecule has 0 aromatic heterocycles. The molecular formula is C10H18O4Si. The molecule has 1 atom stereocenters. The fourth-order valence-corrected chi connectivity index (χ4v) is 3.51. The Bertz CT molecular complexity index is 271. The van der Waals surface area contributed by atoms with Gasteiger partial charge in [0.15, 0.2) is 0 Å². The van der Waals surface area contributed by atoms with Crippen molar-refractivity contribution in [2.75, 3.05) is 7.11 Å². The Kier molecular flexibility index (Phi) is 5.92. The zero-order valence-corrected chi connectivity index (χ0v) is 10.8. The first kappa shape index (κ1) is 13.9. The van der Waals surface area contributed by atoms with Crippen LogP contribution in [0.25, 0.3) is 0 Å². The Morgan fingerprint density at radius 1 is 1.47 bits per heavy atom. The van der Waals surface area contributed by atoms with Gasteiger partial charge in [-0.05, 0) is 5.54 Å². The maximum Gasteiger partial charge on any atom is 0.333 e. The van der Waals surface area contributed by atoms with E-state index in [1.807, 2.05) is 6.92 Å². The first-order valence-electron chi connectivity index (χ1n) is 4.96. The third kappa shape index (κ3) is 4.29. The molecule has 1 N–H and O–H groups in total. The zero-order chi connectivity index (χ0) is 12.0. The number of hydrogen-bond acceptors (Lipinski definition) is 3. The number of carboxylic acid groups (broad SMARTS) is 1. The van der Waals surface area contributed by atoms with Crippen molar-refractivity contribution in [3.63, 3.8) is 0 Å². The maximum absolute atomic E-state index is 11.4. The molecule has 0 bridgehead atoms. The minimum atomic E-state index is -1.10. The Morgan fingerprint density at radius 2 is 2.00 bits per heavy atom. The Balaban J connectivity index is 5.08. The average Bonchev–Trinajstić information content (AvgIpc) is 2.15. The lowest BCUT2D eigenvalue weighted by atomic mass is 10.1. The second kappa shape index (κ2) is 6.39.